The van der Waals surface area contributed by atoms with Crippen LogP contribution in [0.5, 0.6) is 0 Å². The Labute approximate surface area is 106 Å². The van der Waals surface area contributed by atoms with Gasteiger partial charge in [0, 0.05) is 17.5 Å². The zero-order valence-corrected chi connectivity index (χ0v) is 10.4. The van der Waals surface area contributed by atoms with Crippen molar-refractivity contribution in [3.05, 3.63) is 41.7 Å². The number of nitrogens with zero attached hydrogens (tertiary/aromatic N) is 3. The molecule has 4 heteroatoms. The third kappa shape index (κ3) is 2.46. The third-order valence-electron chi connectivity index (χ3n) is 2.57. The predicted molar refractivity (Wildman–Crippen MR) is 70.7 cm³/mol. The quantitative estimate of drug-likeness (QED) is 0.872. The summed E-state index contributed by atoms with van der Waals surface area (Å²) in [6.45, 7) is 4.04. The largest absolute Gasteiger partial charge is 0.384 e. The van der Waals surface area contributed by atoms with Crippen LogP contribution in [0.2, 0.25) is 0 Å². The normalized spacial score (nSPS) is 10.3. The van der Waals surface area contributed by atoms with Crippen LogP contribution in [0.25, 0.3) is 11.3 Å². The standard InChI is InChI=1S/C14H14N4/c1-9(2)14-17-12(7-13(16)18-14)11-5-3-4-10(6-11)8-15/h3-7,9H,1-2H3,(H2,16,17,18). The molecule has 0 saturated carbocycles. The van der Waals surface area contributed by atoms with E-state index in [1.165, 1.54) is 0 Å². The van der Waals surface area contributed by atoms with Crippen molar-refractivity contribution in [3.8, 4) is 17.3 Å². The second-order valence-electron chi connectivity index (χ2n) is 4.38. The van der Waals surface area contributed by atoms with Crippen molar-refractivity contribution in [2.24, 2.45) is 0 Å². The summed E-state index contributed by atoms with van der Waals surface area (Å²) in [5.74, 6) is 1.38. The molecule has 2 N–H and O–H groups in total. The van der Waals surface area contributed by atoms with Crippen LogP contribution in [-0.2, 0) is 0 Å². The van der Waals surface area contributed by atoms with Crippen molar-refractivity contribution in [2.75, 3.05) is 5.73 Å². The van der Waals surface area contributed by atoms with E-state index in [-0.39, 0.29) is 5.92 Å². The van der Waals surface area contributed by atoms with E-state index >= 15 is 0 Å². The average molecular weight is 238 g/mol. The van der Waals surface area contributed by atoms with E-state index in [1.54, 1.807) is 18.2 Å². The molecule has 1 aromatic carbocycles. The summed E-state index contributed by atoms with van der Waals surface area (Å²) in [5, 5.41) is 8.90. The molecule has 0 saturated heterocycles. The maximum atomic E-state index is 8.90. The molecule has 0 bridgehead atoms. The Balaban J connectivity index is 2.53. The summed E-state index contributed by atoms with van der Waals surface area (Å²) in [4.78, 5) is 8.68. The summed E-state index contributed by atoms with van der Waals surface area (Å²) >= 11 is 0. The number of nitrogen functional groups attached to an aromatic ring is 1. The molecular formula is C14H14N4. The second kappa shape index (κ2) is 4.84. The third-order valence-corrected chi connectivity index (χ3v) is 2.57. The summed E-state index contributed by atoms with van der Waals surface area (Å²) in [7, 11) is 0. The van der Waals surface area contributed by atoms with Crippen LogP contribution in [0.4, 0.5) is 5.82 Å². The number of anilines is 1. The molecule has 2 rings (SSSR count). The summed E-state index contributed by atoms with van der Waals surface area (Å²) < 4.78 is 0. The molecule has 2 aromatic rings. The van der Waals surface area contributed by atoms with Gasteiger partial charge >= 0.3 is 0 Å². The van der Waals surface area contributed by atoms with Crippen molar-refractivity contribution in [2.45, 2.75) is 19.8 Å². The first-order valence-electron chi connectivity index (χ1n) is 5.75. The number of aromatic nitrogens is 2. The zero-order chi connectivity index (χ0) is 13.1. The highest BCUT2D eigenvalue weighted by molar-refractivity contribution is 5.63. The van der Waals surface area contributed by atoms with Gasteiger partial charge in [0.1, 0.15) is 11.6 Å². The van der Waals surface area contributed by atoms with Gasteiger partial charge in [-0.05, 0) is 12.1 Å². The fourth-order valence-corrected chi connectivity index (χ4v) is 1.64. The van der Waals surface area contributed by atoms with Gasteiger partial charge in [-0.3, -0.25) is 0 Å². The van der Waals surface area contributed by atoms with Crippen LogP contribution in [0.15, 0.2) is 30.3 Å². The number of rotatable bonds is 2. The molecule has 0 unspecified atom stereocenters. The molecule has 4 nitrogen and oxygen atoms in total. The SMILES string of the molecule is CC(C)c1nc(N)cc(-c2cccc(C#N)c2)n1. The molecule has 0 fully saturated rings. The van der Waals surface area contributed by atoms with Gasteiger partial charge in [-0.2, -0.15) is 5.26 Å². The lowest BCUT2D eigenvalue weighted by atomic mass is 10.1. The van der Waals surface area contributed by atoms with E-state index in [1.807, 2.05) is 26.0 Å². The lowest BCUT2D eigenvalue weighted by Gasteiger charge is -2.08. The van der Waals surface area contributed by atoms with E-state index < -0.39 is 0 Å². The van der Waals surface area contributed by atoms with E-state index in [0.717, 1.165) is 11.3 Å². The Hall–Kier alpha value is -2.41. The molecule has 18 heavy (non-hydrogen) atoms. The van der Waals surface area contributed by atoms with Crippen molar-refractivity contribution in [1.29, 1.82) is 5.26 Å². The highest BCUT2D eigenvalue weighted by Crippen LogP contribution is 2.22. The monoisotopic (exact) mass is 238 g/mol. The Morgan fingerprint density at radius 3 is 2.67 bits per heavy atom. The minimum atomic E-state index is 0.214. The second-order valence-corrected chi connectivity index (χ2v) is 4.38. The first-order valence-corrected chi connectivity index (χ1v) is 5.75. The molecule has 1 aromatic heterocycles. The smallest absolute Gasteiger partial charge is 0.133 e. The van der Waals surface area contributed by atoms with Crippen molar-refractivity contribution in [3.63, 3.8) is 0 Å². The Bertz CT molecular complexity index is 611. The van der Waals surface area contributed by atoms with Crippen LogP contribution in [-0.4, -0.2) is 9.97 Å². The van der Waals surface area contributed by atoms with Gasteiger partial charge in [-0.1, -0.05) is 26.0 Å². The lowest BCUT2D eigenvalue weighted by Crippen LogP contribution is -2.02. The summed E-state index contributed by atoms with van der Waals surface area (Å²) in [5.41, 5.74) is 8.03. The van der Waals surface area contributed by atoms with Crippen LogP contribution >= 0.6 is 0 Å². The fraction of sp³-hybridized carbons (Fsp3) is 0.214. The Kier molecular flexibility index (Phi) is 3.24. The number of hydrogen-bond acceptors (Lipinski definition) is 4. The molecule has 0 aliphatic heterocycles. The first kappa shape index (κ1) is 12.1. The molecule has 90 valence electrons. The molecule has 0 atom stereocenters. The molecule has 0 amide bonds. The van der Waals surface area contributed by atoms with Crippen molar-refractivity contribution in [1.82, 2.24) is 9.97 Å². The Morgan fingerprint density at radius 2 is 2.00 bits per heavy atom. The van der Waals surface area contributed by atoms with Gasteiger partial charge < -0.3 is 5.73 Å². The average Bonchev–Trinajstić information content (AvgIpc) is 2.38. The van der Waals surface area contributed by atoms with Gasteiger partial charge in [0.05, 0.1) is 17.3 Å². The number of benzene rings is 1. The van der Waals surface area contributed by atoms with Gasteiger partial charge in [0.2, 0.25) is 0 Å². The van der Waals surface area contributed by atoms with Gasteiger partial charge in [-0.15, -0.1) is 0 Å². The van der Waals surface area contributed by atoms with Crippen molar-refractivity contribution >= 4 is 5.82 Å². The maximum absolute atomic E-state index is 8.90. The van der Waals surface area contributed by atoms with Crippen LogP contribution < -0.4 is 5.73 Å². The summed E-state index contributed by atoms with van der Waals surface area (Å²) in [6, 6.07) is 11.1. The van der Waals surface area contributed by atoms with Gasteiger partial charge in [-0.25, -0.2) is 9.97 Å². The highest BCUT2D eigenvalue weighted by atomic mass is 14.9. The van der Waals surface area contributed by atoms with E-state index in [2.05, 4.69) is 16.0 Å². The number of nitrogens with two attached hydrogens (primary N) is 1. The molecule has 0 spiro atoms. The summed E-state index contributed by atoms with van der Waals surface area (Å²) in [6.07, 6.45) is 0. The number of hydrogen-bond donors (Lipinski definition) is 1. The molecule has 0 aliphatic carbocycles. The molecule has 0 radical (unpaired) electrons. The van der Waals surface area contributed by atoms with E-state index in [0.29, 0.717) is 17.2 Å². The fourth-order valence-electron chi connectivity index (χ4n) is 1.64. The van der Waals surface area contributed by atoms with Crippen LogP contribution in [0, 0.1) is 11.3 Å². The minimum Gasteiger partial charge on any atom is -0.384 e. The zero-order valence-electron chi connectivity index (χ0n) is 10.4. The highest BCUT2D eigenvalue weighted by Gasteiger charge is 2.08. The predicted octanol–water partition coefficient (Wildman–Crippen LogP) is 2.72. The van der Waals surface area contributed by atoms with Crippen LogP contribution in [0.1, 0.15) is 31.2 Å². The Morgan fingerprint density at radius 1 is 1.22 bits per heavy atom. The minimum absolute atomic E-state index is 0.214. The van der Waals surface area contributed by atoms with Gasteiger partial charge in [0.25, 0.3) is 0 Å². The van der Waals surface area contributed by atoms with Gasteiger partial charge in [0.15, 0.2) is 0 Å². The van der Waals surface area contributed by atoms with Crippen molar-refractivity contribution < 1.29 is 0 Å². The maximum Gasteiger partial charge on any atom is 0.133 e. The topological polar surface area (TPSA) is 75.6 Å². The lowest BCUT2D eigenvalue weighted by molar-refractivity contribution is 0.779. The first-order chi connectivity index (χ1) is 8.60. The number of nitriles is 1. The molecule has 0 aliphatic rings. The van der Waals surface area contributed by atoms with E-state index in [9.17, 15) is 0 Å². The van der Waals surface area contributed by atoms with Crippen LogP contribution in [0.3, 0.4) is 0 Å². The molecular weight excluding hydrogens is 224 g/mol. The molecule has 1 heterocycles. The van der Waals surface area contributed by atoms with E-state index in [4.69, 9.17) is 11.0 Å².